The number of amides is 1. The van der Waals surface area contributed by atoms with Crippen LogP contribution in [0.25, 0.3) is 0 Å². The summed E-state index contributed by atoms with van der Waals surface area (Å²) in [6.45, 7) is 2.61. The van der Waals surface area contributed by atoms with E-state index in [0.717, 1.165) is 24.2 Å². The van der Waals surface area contributed by atoms with Crippen molar-refractivity contribution in [1.29, 1.82) is 0 Å². The molecule has 2 N–H and O–H groups in total. The Labute approximate surface area is 178 Å². The summed E-state index contributed by atoms with van der Waals surface area (Å²) >= 11 is 12.2. The molecule has 1 aromatic heterocycles. The average molecular weight is 431 g/mol. The van der Waals surface area contributed by atoms with Crippen molar-refractivity contribution in [1.82, 2.24) is 15.0 Å². The number of carbonyl (C=O) groups excluding carboxylic acids is 1. The third-order valence-corrected chi connectivity index (χ3v) is 5.59. The second-order valence-electron chi connectivity index (χ2n) is 6.95. The molecule has 1 saturated heterocycles. The van der Waals surface area contributed by atoms with Gasteiger partial charge in [0.15, 0.2) is 5.69 Å². The number of hydrogen-bond donors (Lipinski definition) is 1. The van der Waals surface area contributed by atoms with Crippen molar-refractivity contribution in [2.45, 2.75) is 6.04 Å². The Hall–Kier alpha value is -2.54. The molecule has 8 heteroatoms. The van der Waals surface area contributed by atoms with Crippen LogP contribution >= 0.6 is 23.2 Å². The van der Waals surface area contributed by atoms with E-state index in [0.29, 0.717) is 23.1 Å². The zero-order valence-corrected chi connectivity index (χ0v) is 17.1. The summed E-state index contributed by atoms with van der Waals surface area (Å²) in [4.78, 5) is 16.7. The molecule has 0 bridgehead atoms. The number of benzene rings is 2. The molecule has 1 aliphatic heterocycles. The minimum atomic E-state index is -0.167. The Bertz CT molecular complexity index is 935. The molecule has 29 heavy (non-hydrogen) atoms. The quantitative estimate of drug-likeness (QED) is 0.673. The number of nitrogens with two attached hydrogens (primary N) is 1. The van der Waals surface area contributed by atoms with Crippen molar-refractivity contribution in [3.05, 3.63) is 81.5 Å². The van der Waals surface area contributed by atoms with Crippen LogP contribution < -0.4 is 5.73 Å². The van der Waals surface area contributed by atoms with Crippen molar-refractivity contribution in [3.8, 4) is 0 Å². The first-order valence-corrected chi connectivity index (χ1v) is 10.0. The molecule has 2 heterocycles. The fourth-order valence-electron chi connectivity index (χ4n) is 3.64. The Morgan fingerprint density at radius 1 is 0.931 bits per heavy atom. The van der Waals surface area contributed by atoms with Crippen LogP contribution in [0.2, 0.25) is 10.0 Å². The maximum atomic E-state index is 12.6. The molecule has 1 fully saturated rings. The molecular formula is C21H20Cl2N4O2. The van der Waals surface area contributed by atoms with Gasteiger partial charge in [0, 0.05) is 42.3 Å². The summed E-state index contributed by atoms with van der Waals surface area (Å²) < 4.78 is 4.82. The van der Waals surface area contributed by atoms with Gasteiger partial charge in [-0.3, -0.25) is 9.69 Å². The SMILES string of the molecule is Nc1cc(C(=O)N2CCN(C(c3ccc(Cl)cc3)c3ccc(Cl)cc3)CC2)no1. The van der Waals surface area contributed by atoms with Crippen LogP contribution in [0.4, 0.5) is 5.88 Å². The van der Waals surface area contributed by atoms with Gasteiger partial charge in [0.25, 0.3) is 5.91 Å². The molecule has 2 aromatic carbocycles. The van der Waals surface area contributed by atoms with Gasteiger partial charge in [-0.2, -0.15) is 0 Å². The number of piperazine rings is 1. The number of hydrogen-bond acceptors (Lipinski definition) is 5. The maximum absolute atomic E-state index is 12.6. The number of anilines is 1. The summed E-state index contributed by atoms with van der Waals surface area (Å²) in [6.07, 6.45) is 0. The normalized spacial score (nSPS) is 15.1. The van der Waals surface area contributed by atoms with E-state index >= 15 is 0 Å². The standard InChI is InChI=1S/C21H20Cl2N4O2/c22-16-5-1-14(2-6-16)20(15-3-7-17(23)8-4-15)26-9-11-27(12-10-26)21(28)18-13-19(24)29-25-18/h1-8,13,20H,9-12,24H2. The van der Waals surface area contributed by atoms with E-state index in [1.165, 1.54) is 6.07 Å². The van der Waals surface area contributed by atoms with Gasteiger partial charge in [0.1, 0.15) is 0 Å². The second-order valence-corrected chi connectivity index (χ2v) is 7.82. The number of carbonyl (C=O) groups is 1. The largest absolute Gasteiger partial charge is 0.368 e. The van der Waals surface area contributed by atoms with E-state index in [1.807, 2.05) is 48.5 Å². The number of halogens is 2. The van der Waals surface area contributed by atoms with Crippen LogP contribution in [-0.4, -0.2) is 47.0 Å². The summed E-state index contributed by atoms with van der Waals surface area (Å²) in [7, 11) is 0. The Balaban J connectivity index is 1.54. The Morgan fingerprint density at radius 3 is 1.90 bits per heavy atom. The molecule has 0 unspecified atom stereocenters. The summed E-state index contributed by atoms with van der Waals surface area (Å²) in [5, 5.41) is 5.13. The predicted octanol–water partition coefficient (Wildman–Crippen LogP) is 4.11. The fraction of sp³-hybridized carbons (Fsp3) is 0.238. The fourth-order valence-corrected chi connectivity index (χ4v) is 3.89. The summed E-state index contributed by atoms with van der Waals surface area (Å²) in [6, 6.07) is 17.2. The molecule has 3 aromatic rings. The van der Waals surface area contributed by atoms with Crippen molar-refractivity contribution in [2.24, 2.45) is 0 Å². The van der Waals surface area contributed by atoms with Crippen LogP contribution in [0.3, 0.4) is 0 Å². The predicted molar refractivity (Wildman–Crippen MR) is 113 cm³/mol. The van der Waals surface area contributed by atoms with Crippen LogP contribution in [0.15, 0.2) is 59.1 Å². The number of nitrogens with zero attached hydrogens (tertiary/aromatic N) is 3. The minimum Gasteiger partial charge on any atom is -0.368 e. The highest BCUT2D eigenvalue weighted by Gasteiger charge is 2.29. The van der Waals surface area contributed by atoms with Gasteiger partial charge in [-0.15, -0.1) is 0 Å². The van der Waals surface area contributed by atoms with Gasteiger partial charge in [-0.25, -0.2) is 0 Å². The highest BCUT2D eigenvalue weighted by atomic mass is 35.5. The van der Waals surface area contributed by atoms with Crippen molar-refractivity contribution in [2.75, 3.05) is 31.9 Å². The summed E-state index contributed by atoms with van der Waals surface area (Å²) in [5.41, 5.74) is 8.05. The van der Waals surface area contributed by atoms with Gasteiger partial charge in [0.05, 0.1) is 6.04 Å². The minimum absolute atomic E-state index is 0.0458. The molecular weight excluding hydrogens is 411 g/mol. The molecule has 1 aliphatic rings. The van der Waals surface area contributed by atoms with E-state index < -0.39 is 0 Å². The lowest BCUT2D eigenvalue weighted by Crippen LogP contribution is -2.50. The number of nitrogen functional groups attached to an aromatic ring is 1. The molecule has 6 nitrogen and oxygen atoms in total. The molecule has 0 radical (unpaired) electrons. The monoisotopic (exact) mass is 430 g/mol. The topological polar surface area (TPSA) is 75.6 Å². The first-order valence-electron chi connectivity index (χ1n) is 9.28. The molecule has 0 aliphatic carbocycles. The number of aromatic nitrogens is 1. The van der Waals surface area contributed by atoms with Crippen molar-refractivity contribution in [3.63, 3.8) is 0 Å². The average Bonchev–Trinajstić information content (AvgIpc) is 3.17. The molecule has 150 valence electrons. The van der Waals surface area contributed by atoms with Crippen LogP contribution in [0, 0.1) is 0 Å². The van der Waals surface area contributed by atoms with E-state index in [-0.39, 0.29) is 23.5 Å². The van der Waals surface area contributed by atoms with Gasteiger partial charge >= 0.3 is 0 Å². The van der Waals surface area contributed by atoms with Gasteiger partial charge in [0.2, 0.25) is 5.88 Å². The van der Waals surface area contributed by atoms with E-state index in [4.69, 9.17) is 33.5 Å². The highest BCUT2D eigenvalue weighted by Crippen LogP contribution is 2.31. The van der Waals surface area contributed by atoms with E-state index in [9.17, 15) is 4.79 Å². The van der Waals surface area contributed by atoms with Crippen LogP contribution in [-0.2, 0) is 0 Å². The molecule has 4 rings (SSSR count). The lowest BCUT2D eigenvalue weighted by Gasteiger charge is -2.39. The third-order valence-electron chi connectivity index (χ3n) is 5.09. The lowest BCUT2D eigenvalue weighted by molar-refractivity contribution is 0.0588. The van der Waals surface area contributed by atoms with E-state index in [2.05, 4.69) is 10.1 Å². The van der Waals surface area contributed by atoms with Crippen molar-refractivity contribution >= 4 is 35.0 Å². The molecule has 0 spiro atoms. The molecule has 0 atom stereocenters. The maximum Gasteiger partial charge on any atom is 0.276 e. The van der Waals surface area contributed by atoms with Gasteiger partial charge in [-0.1, -0.05) is 52.6 Å². The third kappa shape index (κ3) is 4.40. The van der Waals surface area contributed by atoms with E-state index in [1.54, 1.807) is 4.90 Å². The van der Waals surface area contributed by atoms with Crippen LogP contribution in [0.1, 0.15) is 27.7 Å². The van der Waals surface area contributed by atoms with Crippen LogP contribution in [0.5, 0.6) is 0 Å². The first-order chi connectivity index (χ1) is 14.0. The van der Waals surface area contributed by atoms with Crippen molar-refractivity contribution < 1.29 is 9.32 Å². The smallest absolute Gasteiger partial charge is 0.276 e. The first kappa shape index (κ1) is 19.8. The highest BCUT2D eigenvalue weighted by molar-refractivity contribution is 6.30. The second kappa shape index (κ2) is 8.45. The summed E-state index contributed by atoms with van der Waals surface area (Å²) in [5.74, 6) is -0.0304. The van der Waals surface area contributed by atoms with Gasteiger partial charge in [-0.05, 0) is 35.4 Å². The number of rotatable bonds is 4. The molecule has 0 saturated carbocycles. The Morgan fingerprint density at radius 2 is 1.45 bits per heavy atom. The van der Waals surface area contributed by atoms with Gasteiger partial charge < -0.3 is 15.2 Å². The zero-order valence-electron chi connectivity index (χ0n) is 15.6. The zero-order chi connectivity index (χ0) is 20.4. The lowest BCUT2D eigenvalue weighted by atomic mass is 9.96. The molecule has 1 amide bonds. The Kier molecular flexibility index (Phi) is 5.76.